The standard InChI is InChI=1S/C22H24FN5O5/c1-15-14-16(2-7-19(15)28(32)33)22(31)25-24-20(29)8-9-21(30)27-12-10-26(11-13-27)18-5-3-17(23)4-6-18/h2-7,14H,8-13H2,1H3,(H,24,29)(H,25,31). The van der Waals surface area contributed by atoms with Crippen molar-refractivity contribution in [2.24, 2.45) is 0 Å². The zero-order valence-electron chi connectivity index (χ0n) is 18.0. The van der Waals surface area contributed by atoms with E-state index in [2.05, 4.69) is 15.8 Å². The lowest BCUT2D eigenvalue weighted by molar-refractivity contribution is -0.385. The molecule has 2 aromatic rings. The first kappa shape index (κ1) is 23.6. The Labute approximate surface area is 189 Å². The molecule has 0 saturated carbocycles. The fraction of sp³-hybridized carbons (Fsp3) is 0.318. The molecule has 3 amide bonds. The number of aryl methyl sites for hydroxylation is 1. The van der Waals surface area contributed by atoms with Gasteiger partial charge in [0.1, 0.15) is 5.82 Å². The van der Waals surface area contributed by atoms with Crippen LogP contribution in [0, 0.1) is 22.9 Å². The highest BCUT2D eigenvalue weighted by atomic mass is 19.1. The van der Waals surface area contributed by atoms with Gasteiger partial charge in [0.25, 0.3) is 11.6 Å². The van der Waals surface area contributed by atoms with Gasteiger partial charge in [0, 0.05) is 61.9 Å². The van der Waals surface area contributed by atoms with E-state index in [9.17, 15) is 28.9 Å². The van der Waals surface area contributed by atoms with Crippen molar-refractivity contribution in [1.82, 2.24) is 15.8 Å². The van der Waals surface area contributed by atoms with E-state index < -0.39 is 16.7 Å². The number of benzene rings is 2. The van der Waals surface area contributed by atoms with Gasteiger partial charge in [-0.05, 0) is 43.3 Å². The number of nitro groups is 1. The molecule has 10 nitrogen and oxygen atoms in total. The Bertz CT molecular complexity index is 1050. The molecule has 1 aliphatic heterocycles. The normalized spacial score (nSPS) is 13.4. The van der Waals surface area contributed by atoms with Crippen molar-refractivity contribution in [3.8, 4) is 0 Å². The third kappa shape index (κ3) is 6.25. The van der Waals surface area contributed by atoms with Gasteiger partial charge in [-0.3, -0.25) is 35.3 Å². The predicted octanol–water partition coefficient (Wildman–Crippen LogP) is 1.93. The van der Waals surface area contributed by atoms with Gasteiger partial charge in [-0.15, -0.1) is 0 Å². The quantitative estimate of drug-likeness (QED) is 0.505. The van der Waals surface area contributed by atoms with E-state index in [4.69, 9.17) is 0 Å². The van der Waals surface area contributed by atoms with E-state index in [-0.39, 0.29) is 35.8 Å². The van der Waals surface area contributed by atoms with Crippen LogP contribution in [-0.4, -0.2) is 53.7 Å². The molecule has 11 heteroatoms. The van der Waals surface area contributed by atoms with Gasteiger partial charge in [0.2, 0.25) is 11.8 Å². The van der Waals surface area contributed by atoms with Crippen LogP contribution in [0.2, 0.25) is 0 Å². The van der Waals surface area contributed by atoms with Crippen LogP contribution in [0.25, 0.3) is 0 Å². The largest absolute Gasteiger partial charge is 0.368 e. The second kappa shape index (κ2) is 10.5. The molecule has 2 N–H and O–H groups in total. The van der Waals surface area contributed by atoms with Crippen LogP contribution < -0.4 is 15.8 Å². The summed E-state index contributed by atoms with van der Waals surface area (Å²) in [5.41, 5.74) is 5.76. The molecule has 0 aromatic heterocycles. The number of carbonyl (C=O) groups excluding carboxylic acids is 3. The average molecular weight is 457 g/mol. The Morgan fingerprint density at radius 2 is 1.67 bits per heavy atom. The van der Waals surface area contributed by atoms with Crippen LogP contribution in [0.3, 0.4) is 0 Å². The summed E-state index contributed by atoms with van der Waals surface area (Å²) in [4.78, 5) is 50.6. The third-order valence-electron chi connectivity index (χ3n) is 5.36. The van der Waals surface area contributed by atoms with Gasteiger partial charge >= 0.3 is 0 Å². The van der Waals surface area contributed by atoms with Crippen LogP contribution in [-0.2, 0) is 9.59 Å². The molecule has 0 spiro atoms. The molecule has 0 atom stereocenters. The highest BCUT2D eigenvalue weighted by Gasteiger charge is 2.22. The van der Waals surface area contributed by atoms with Crippen molar-refractivity contribution < 1.29 is 23.7 Å². The van der Waals surface area contributed by atoms with Gasteiger partial charge in [-0.1, -0.05) is 0 Å². The van der Waals surface area contributed by atoms with Gasteiger partial charge in [-0.25, -0.2) is 4.39 Å². The summed E-state index contributed by atoms with van der Waals surface area (Å²) in [5, 5.41) is 10.9. The van der Waals surface area contributed by atoms with Crippen molar-refractivity contribution >= 4 is 29.1 Å². The van der Waals surface area contributed by atoms with E-state index in [0.29, 0.717) is 31.7 Å². The Morgan fingerprint density at radius 3 is 2.27 bits per heavy atom. The van der Waals surface area contributed by atoms with E-state index >= 15 is 0 Å². The summed E-state index contributed by atoms with van der Waals surface area (Å²) in [6.07, 6.45) is -0.106. The fourth-order valence-corrected chi connectivity index (χ4v) is 3.51. The minimum absolute atomic E-state index is 0.00507. The first-order valence-corrected chi connectivity index (χ1v) is 10.4. The molecule has 1 saturated heterocycles. The number of rotatable bonds is 6. The Kier molecular flexibility index (Phi) is 7.54. The maximum absolute atomic E-state index is 13.1. The minimum atomic E-state index is -0.621. The highest BCUT2D eigenvalue weighted by molar-refractivity contribution is 5.96. The Hall–Kier alpha value is -4.02. The number of nitro benzene ring substituents is 1. The first-order valence-electron chi connectivity index (χ1n) is 10.4. The summed E-state index contributed by atoms with van der Waals surface area (Å²) in [7, 11) is 0. The van der Waals surface area contributed by atoms with Gasteiger partial charge < -0.3 is 9.80 Å². The Balaban J connectivity index is 1.39. The molecule has 0 aliphatic carbocycles. The van der Waals surface area contributed by atoms with Crippen molar-refractivity contribution in [3.63, 3.8) is 0 Å². The molecular weight excluding hydrogens is 433 g/mol. The van der Waals surface area contributed by atoms with Crippen molar-refractivity contribution in [3.05, 3.63) is 69.5 Å². The lowest BCUT2D eigenvalue weighted by Crippen LogP contribution is -2.49. The molecule has 0 unspecified atom stereocenters. The molecule has 1 fully saturated rings. The van der Waals surface area contributed by atoms with Crippen LogP contribution in [0.1, 0.15) is 28.8 Å². The number of nitrogens with one attached hydrogen (secondary N) is 2. The van der Waals surface area contributed by atoms with Gasteiger partial charge in [0.05, 0.1) is 4.92 Å². The number of anilines is 1. The predicted molar refractivity (Wildman–Crippen MR) is 118 cm³/mol. The number of hydrazine groups is 1. The number of carbonyl (C=O) groups is 3. The topological polar surface area (TPSA) is 125 Å². The highest BCUT2D eigenvalue weighted by Crippen LogP contribution is 2.19. The van der Waals surface area contributed by atoms with E-state index in [0.717, 1.165) is 5.69 Å². The van der Waals surface area contributed by atoms with Crippen LogP contribution in [0.4, 0.5) is 15.8 Å². The molecule has 1 heterocycles. The molecule has 33 heavy (non-hydrogen) atoms. The number of amides is 3. The summed E-state index contributed by atoms with van der Waals surface area (Å²) in [6.45, 7) is 3.71. The maximum atomic E-state index is 13.1. The molecule has 174 valence electrons. The van der Waals surface area contributed by atoms with E-state index in [1.807, 2.05) is 0 Å². The SMILES string of the molecule is Cc1cc(C(=O)NNC(=O)CCC(=O)N2CCN(c3ccc(F)cc3)CC2)ccc1[N+](=O)[O-]. The second-order valence-electron chi connectivity index (χ2n) is 7.60. The average Bonchev–Trinajstić information content (AvgIpc) is 2.81. The van der Waals surface area contributed by atoms with Crippen LogP contribution in [0.15, 0.2) is 42.5 Å². The van der Waals surface area contributed by atoms with Crippen LogP contribution >= 0.6 is 0 Å². The monoisotopic (exact) mass is 457 g/mol. The number of hydrogen-bond acceptors (Lipinski definition) is 6. The molecule has 1 aliphatic rings. The maximum Gasteiger partial charge on any atom is 0.272 e. The molecule has 0 radical (unpaired) electrons. The second-order valence-corrected chi connectivity index (χ2v) is 7.60. The van der Waals surface area contributed by atoms with Crippen molar-refractivity contribution in [2.45, 2.75) is 19.8 Å². The molecule has 0 bridgehead atoms. The van der Waals surface area contributed by atoms with Crippen LogP contribution in [0.5, 0.6) is 0 Å². The smallest absolute Gasteiger partial charge is 0.272 e. The lowest BCUT2D eigenvalue weighted by Gasteiger charge is -2.36. The number of halogens is 1. The number of hydrogen-bond donors (Lipinski definition) is 2. The zero-order chi connectivity index (χ0) is 24.0. The first-order chi connectivity index (χ1) is 15.7. The van der Waals surface area contributed by atoms with Crippen molar-refractivity contribution in [2.75, 3.05) is 31.1 Å². The summed E-state index contributed by atoms with van der Waals surface area (Å²) in [5.74, 6) is -1.61. The van der Waals surface area contributed by atoms with Gasteiger partial charge in [-0.2, -0.15) is 0 Å². The van der Waals surface area contributed by atoms with E-state index in [1.54, 1.807) is 17.0 Å². The summed E-state index contributed by atoms with van der Waals surface area (Å²) < 4.78 is 13.1. The summed E-state index contributed by atoms with van der Waals surface area (Å²) >= 11 is 0. The zero-order valence-corrected chi connectivity index (χ0v) is 18.0. The Morgan fingerprint density at radius 1 is 1.00 bits per heavy atom. The van der Waals surface area contributed by atoms with Crippen molar-refractivity contribution in [1.29, 1.82) is 0 Å². The molecular formula is C22H24FN5O5. The molecule has 3 rings (SSSR count). The lowest BCUT2D eigenvalue weighted by atomic mass is 10.1. The van der Waals surface area contributed by atoms with Gasteiger partial charge in [0.15, 0.2) is 0 Å². The number of nitrogens with zero attached hydrogens (tertiary/aromatic N) is 3. The molecule has 2 aromatic carbocycles. The number of piperazine rings is 1. The third-order valence-corrected chi connectivity index (χ3v) is 5.36. The minimum Gasteiger partial charge on any atom is -0.368 e. The summed E-state index contributed by atoms with van der Waals surface area (Å²) in [6, 6.07) is 10.1. The fourth-order valence-electron chi connectivity index (χ4n) is 3.51. The van der Waals surface area contributed by atoms with E-state index in [1.165, 1.54) is 37.3 Å².